The highest BCUT2D eigenvalue weighted by atomic mass is 35.5. The van der Waals surface area contributed by atoms with Crippen molar-refractivity contribution in [2.45, 2.75) is 26.2 Å². The number of hydrogen-bond acceptors (Lipinski definition) is 7. The summed E-state index contributed by atoms with van der Waals surface area (Å²) in [4.78, 5) is 17.2. The second-order valence-corrected chi connectivity index (χ2v) is 8.45. The maximum atomic E-state index is 12.4. The fourth-order valence-electron chi connectivity index (χ4n) is 3.54. The van der Waals surface area contributed by atoms with Gasteiger partial charge in [-0.05, 0) is 50.1 Å². The molecule has 2 aromatic carbocycles. The minimum absolute atomic E-state index is 0.0786. The third kappa shape index (κ3) is 7.87. The largest absolute Gasteiger partial charge is 0.497 e. The summed E-state index contributed by atoms with van der Waals surface area (Å²) in [5, 5.41) is 20.4. The van der Waals surface area contributed by atoms with Crippen LogP contribution in [-0.2, 0) is 9.53 Å². The number of nitrogens with one attached hydrogen (secondary N) is 1. The molecule has 3 rings (SSSR count). The SMILES string of the molecule is COc1ccc(-n2cnnc2C)c(C(=NCCC(=O)NCCCOCCCO)c2ccc(Cl)cc2)c1. The summed E-state index contributed by atoms with van der Waals surface area (Å²) in [6.07, 6.45) is 3.22. The maximum Gasteiger partial charge on any atom is 0.221 e. The van der Waals surface area contributed by atoms with Gasteiger partial charge in [-0.1, -0.05) is 23.7 Å². The van der Waals surface area contributed by atoms with Gasteiger partial charge in [0.1, 0.15) is 17.9 Å². The molecule has 0 aliphatic heterocycles. The molecule has 0 aliphatic carbocycles. The second kappa shape index (κ2) is 14.3. The predicted molar refractivity (Wildman–Crippen MR) is 139 cm³/mol. The van der Waals surface area contributed by atoms with Gasteiger partial charge in [0.05, 0.1) is 18.5 Å². The van der Waals surface area contributed by atoms with Gasteiger partial charge in [0.15, 0.2) is 0 Å². The molecule has 1 heterocycles. The Labute approximate surface area is 216 Å². The zero-order valence-electron chi connectivity index (χ0n) is 20.6. The normalized spacial score (nSPS) is 11.5. The van der Waals surface area contributed by atoms with Crippen LogP contribution < -0.4 is 10.1 Å². The van der Waals surface area contributed by atoms with Crippen molar-refractivity contribution in [1.82, 2.24) is 20.1 Å². The molecule has 192 valence electrons. The van der Waals surface area contributed by atoms with Gasteiger partial charge in [0.2, 0.25) is 5.91 Å². The van der Waals surface area contributed by atoms with E-state index in [4.69, 9.17) is 31.2 Å². The summed E-state index contributed by atoms with van der Waals surface area (Å²) in [7, 11) is 1.62. The van der Waals surface area contributed by atoms with Crippen LogP contribution in [0.2, 0.25) is 5.02 Å². The quantitative estimate of drug-likeness (QED) is 0.252. The molecule has 9 nitrogen and oxygen atoms in total. The molecule has 0 saturated heterocycles. The number of halogens is 1. The Hall–Kier alpha value is -3.27. The number of ether oxygens (including phenoxy) is 2. The van der Waals surface area contributed by atoms with E-state index in [-0.39, 0.29) is 18.9 Å². The minimum atomic E-state index is -0.0786. The van der Waals surface area contributed by atoms with E-state index >= 15 is 0 Å². The molecule has 0 saturated carbocycles. The Morgan fingerprint density at radius 3 is 2.64 bits per heavy atom. The lowest BCUT2D eigenvalue weighted by molar-refractivity contribution is -0.120. The molecule has 0 radical (unpaired) electrons. The van der Waals surface area contributed by atoms with E-state index in [1.165, 1.54) is 0 Å². The lowest BCUT2D eigenvalue weighted by Gasteiger charge is -2.16. The van der Waals surface area contributed by atoms with Gasteiger partial charge < -0.3 is 19.9 Å². The van der Waals surface area contributed by atoms with Crippen molar-refractivity contribution < 1.29 is 19.4 Å². The van der Waals surface area contributed by atoms with Crippen LogP contribution in [0, 0.1) is 6.92 Å². The highest BCUT2D eigenvalue weighted by molar-refractivity contribution is 6.30. The number of methoxy groups -OCH3 is 1. The van der Waals surface area contributed by atoms with E-state index in [1.807, 2.05) is 54.0 Å². The molecule has 0 aliphatic rings. The third-order valence-corrected chi connectivity index (χ3v) is 5.65. The van der Waals surface area contributed by atoms with Crippen LogP contribution in [0.15, 0.2) is 53.8 Å². The summed E-state index contributed by atoms with van der Waals surface area (Å²) in [5.74, 6) is 1.33. The lowest BCUT2D eigenvalue weighted by atomic mass is 9.99. The number of aliphatic hydroxyl groups is 1. The van der Waals surface area contributed by atoms with Crippen LogP contribution in [0.5, 0.6) is 5.75 Å². The fourth-order valence-corrected chi connectivity index (χ4v) is 3.67. The first-order valence-electron chi connectivity index (χ1n) is 11.8. The number of carbonyl (C=O) groups excluding carboxylic acids is 1. The second-order valence-electron chi connectivity index (χ2n) is 8.01. The standard InChI is InChI=1S/C26H32ClN5O4/c1-19-31-30-18-32(19)24-10-9-22(35-2)17-23(24)26(20-5-7-21(27)8-6-20)29-13-11-25(34)28-12-3-15-36-16-4-14-33/h5-10,17-18,33H,3-4,11-16H2,1-2H3,(H,28,34). The van der Waals surface area contributed by atoms with Gasteiger partial charge in [-0.15, -0.1) is 10.2 Å². The molecule has 0 spiro atoms. The Bertz CT molecular complexity index is 1150. The van der Waals surface area contributed by atoms with Crippen LogP contribution in [0.1, 0.15) is 36.2 Å². The molecule has 0 unspecified atom stereocenters. The van der Waals surface area contributed by atoms with Crippen molar-refractivity contribution in [3.63, 3.8) is 0 Å². The number of carbonyl (C=O) groups is 1. The van der Waals surface area contributed by atoms with Crippen LogP contribution in [0.3, 0.4) is 0 Å². The average Bonchev–Trinajstić information content (AvgIpc) is 3.32. The molecule has 2 N–H and O–H groups in total. The molecule has 36 heavy (non-hydrogen) atoms. The van der Waals surface area contributed by atoms with Crippen molar-refractivity contribution in [3.8, 4) is 11.4 Å². The van der Waals surface area contributed by atoms with Crippen molar-refractivity contribution in [2.75, 3.05) is 40.0 Å². The van der Waals surface area contributed by atoms with Gasteiger partial charge in [-0.3, -0.25) is 14.4 Å². The number of nitrogens with zero attached hydrogens (tertiary/aromatic N) is 4. The number of aryl methyl sites for hydroxylation is 1. The molecule has 0 fully saturated rings. The third-order valence-electron chi connectivity index (χ3n) is 5.40. The Morgan fingerprint density at radius 2 is 1.94 bits per heavy atom. The molecule has 10 heteroatoms. The van der Waals surface area contributed by atoms with Gasteiger partial charge >= 0.3 is 0 Å². The number of aromatic nitrogens is 3. The minimum Gasteiger partial charge on any atom is -0.497 e. The zero-order valence-corrected chi connectivity index (χ0v) is 21.4. The van der Waals surface area contributed by atoms with Gasteiger partial charge in [0, 0.05) is 55.5 Å². The Balaban J connectivity index is 1.78. The van der Waals surface area contributed by atoms with Gasteiger partial charge in [-0.2, -0.15) is 0 Å². The smallest absolute Gasteiger partial charge is 0.221 e. The van der Waals surface area contributed by atoms with Gasteiger partial charge in [-0.25, -0.2) is 0 Å². The molecule has 0 bridgehead atoms. The summed E-state index contributed by atoms with van der Waals surface area (Å²) in [5.41, 5.74) is 3.23. The van der Waals surface area contributed by atoms with Gasteiger partial charge in [0.25, 0.3) is 0 Å². The maximum absolute atomic E-state index is 12.4. The number of aliphatic imine (C=N–C) groups is 1. The Morgan fingerprint density at radius 1 is 1.17 bits per heavy atom. The summed E-state index contributed by atoms with van der Waals surface area (Å²) in [6, 6.07) is 13.2. The molecule has 3 aromatic rings. The molecule has 1 amide bonds. The number of benzene rings is 2. The highest BCUT2D eigenvalue weighted by Crippen LogP contribution is 2.26. The number of aliphatic hydroxyl groups excluding tert-OH is 1. The zero-order chi connectivity index (χ0) is 25.8. The predicted octanol–water partition coefficient (Wildman–Crippen LogP) is 3.37. The van der Waals surface area contributed by atoms with E-state index in [0.717, 1.165) is 22.6 Å². The van der Waals surface area contributed by atoms with E-state index in [1.54, 1.807) is 13.4 Å². The van der Waals surface area contributed by atoms with Crippen LogP contribution in [0.25, 0.3) is 5.69 Å². The van der Waals surface area contributed by atoms with E-state index < -0.39 is 0 Å². The number of amides is 1. The van der Waals surface area contributed by atoms with Crippen LogP contribution >= 0.6 is 11.6 Å². The first kappa shape index (κ1) is 27.3. The molecule has 0 atom stereocenters. The summed E-state index contributed by atoms with van der Waals surface area (Å²) < 4.78 is 12.8. The lowest BCUT2D eigenvalue weighted by Crippen LogP contribution is -2.26. The summed E-state index contributed by atoms with van der Waals surface area (Å²) in [6.45, 7) is 3.88. The van der Waals surface area contributed by atoms with Crippen LogP contribution in [0.4, 0.5) is 0 Å². The average molecular weight is 514 g/mol. The van der Waals surface area contributed by atoms with E-state index in [2.05, 4.69) is 15.5 Å². The van der Waals surface area contributed by atoms with Crippen molar-refractivity contribution in [2.24, 2.45) is 4.99 Å². The van der Waals surface area contributed by atoms with E-state index in [0.29, 0.717) is 55.6 Å². The van der Waals surface area contributed by atoms with Crippen molar-refractivity contribution >= 4 is 23.2 Å². The molecular formula is C26H32ClN5O4. The van der Waals surface area contributed by atoms with Crippen molar-refractivity contribution in [3.05, 3.63) is 70.8 Å². The number of rotatable bonds is 14. The van der Waals surface area contributed by atoms with Crippen molar-refractivity contribution in [1.29, 1.82) is 0 Å². The number of hydrogen-bond donors (Lipinski definition) is 2. The first-order chi connectivity index (χ1) is 17.5. The topological polar surface area (TPSA) is 111 Å². The summed E-state index contributed by atoms with van der Waals surface area (Å²) >= 11 is 6.13. The van der Waals surface area contributed by atoms with E-state index in [9.17, 15) is 4.79 Å². The fraction of sp³-hybridized carbons (Fsp3) is 0.385. The highest BCUT2D eigenvalue weighted by Gasteiger charge is 2.16. The monoisotopic (exact) mass is 513 g/mol. The van der Waals surface area contributed by atoms with Crippen LogP contribution in [-0.4, -0.2) is 71.5 Å². The first-order valence-corrected chi connectivity index (χ1v) is 12.2. The molecular weight excluding hydrogens is 482 g/mol. The molecule has 1 aromatic heterocycles. The Kier molecular flexibility index (Phi) is 10.9.